The van der Waals surface area contributed by atoms with Crippen LogP contribution in [0.15, 0.2) is 28.6 Å². The van der Waals surface area contributed by atoms with Crippen molar-refractivity contribution in [3.8, 4) is 0 Å². The number of aryl methyl sites for hydroxylation is 1. The lowest BCUT2D eigenvalue weighted by atomic mass is 10.2. The van der Waals surface area contributed by atoms with Crippen LogP contribution in [-0.4, -0.2) is 33.8 Å². The van der Waals surface area contributed by atoms with Gasteiger partial charge in [-0.15, -0.1) is 10.2 Å². The second kappa shape index (κ2) is 6.67. The van der Waals surface area contributed by atoms with E-state index in [0.717, 1.165) is 15.0 Å². The van der Waals surface area contributed by atoms with Gasteiger partial charge in [-0.1, -0.05) is 35.2 Å². The van der Waals surface area contributed by atoms with Crippen molar-refractivity contribution in [2.75, 3.05) is 16.0 Å². The van der Waals surface area contributed by atoms with Crippen molar-refractivity contribution in [1.29, 1.82) is 0 Å². The molecular weight excluding hydrogens is 332 g/mol. The SMILES string of the molecule is Cc1nnc(SCC(=O)N2c3ccccc3NC(=O)C[C@H]2C)s1. The maximum atomic E-state index is 12.7. The molecule has 0 unspecified atom stereocenters. The van der Waals surface area contributed by atoms with Crippen LogP contribution in [-0.2, 0) is 9.59 Å². The molecule has 8 heteroatoms. The molecule has 0 spiro atoms. The number of thioether (sulfide) groups is 1. The number of carbonyl (C=O) groups excluding carboxylic acids is 2. The summed E-state index contributed by atoms with van der Waals surface area (Å²) in [5.74, 6) is 0.147. The fraction of sp³-hybridized carbons (Fsp3) is 0.333. The van der Waals surface area contributed by atoms with Crippen LogP contribution in [0.25, 0.3) is 0 Å². The van der Waals surface area contributed by atoms with Gasteiger partial charge in [0.15, 0.2) is 4.34 Å². The third-order valence-electron chi connectivity index (χ3n) is 3.45. The Morgan fingerprint density at radius 2 is 2.22 bits per heavy atom. The van der Waals surface area contributed by atoms with Crippen molar-refractivity contribution < 1.29 is 9.59 Å². The molecule has 1 aromatic heterocycles. The van der Waals surface area contributed by atoms with E-state index in [2.05, 4.69) is 15.5 Å². The van der Waals surface area contributed by atoms with E-state index in [-0.39, 0.29) is 30.0 Å². The molecular formula is C15H16N4O2S2. The molecule has 0 saturated heterocycles. The van der Waals surface area contributed by atoms with Crippen LogP contribution in [0.3, 0.4) is 0 Å². The summed E-state index contributed by atoms with van der Waals surface area (Å²) < 4.78 is 0.779. The van der Waals surface area contributed by atoms with Crippen LogP contribution in [0, 0.1) is 6.92 Å². The summed E-state index contributed by atoms with van der Waals surface area (Å²) in [6.45, 7) is 3.77. The lowest BCUT2D eigenvalue weighted by molar-refractivity contribution is -0.117. The van der Waals surface area contributed by atoms with Crippen LogP contribution in [0.2, 0.25) is 0 Å². The van der Waals surface area contributed by atoms with E-state index in [9.17, 15) is 9.59 Å². The zero-order valence-corrected chi connectivity index (χ0v) is 14.4. The topological polar surface area (TPSA) is 75.2 Å². The Labute approximate surface area is 142 Å². The molecule has 0 saturated carbocycles. The molecule has 2 heterocycles. The Morgan fingerprint density at radius 1 is 1.43 bits per heavy atom. The van der Waals surface area contributed by atoms with Gasteiger partial charge in [0.05, 0.1) is 17.1 Å². The molecule has 1 aliphatic heterocycles. The Morgan fingerprint density at radius 3 is 2.96 bits per heavy atom. The molecule has 0 aliphatic carbocycles. The minimum absolute atomic E-state index is 0.0423. The average Bonchev–Trinajstić information content (AvgIpc) is 2.86. The fourth-order valence-electron chi connectivity index (χ4n) is 2.50. The van der Waals surface area contributed by atoms with E-state index < -0.39 is 0 Å². The average molecular weight is 348 g/mol. The maximum absolute atomic E-state index is 12.7. The van der Waals surface area contributed by atoms with E-state index >= 15 is 0 Å². The second-order valence-corrected chi connectivity index (χ2v) is 7.66. The highest BCUT2D eigenvalue weighted by Gasteiger charge is 2.29. The van der Waals surface area contributed by atoms with Crippen molar-refractivity contribution in [1.82, 2.24) is 10.2 Å². The number of nitrogens with one attached hydrogen (secondary N) is 1. The molecule has 23 heavy (non-hydrogen) atoms. The number of fused-ring (bicyclic) bond motifs is 1. The predicted molar refractivity (Wildman–Crippen MR) is 92.0 cm³/mol. The van der Waals surface area contributed by atoms with Gasteiger partial charge in [0, 0.05) is 12.5 Å². The third kappa shape index (κ3) is 3.53. The van der Waals surface area contributed by atoms with Crippen LogP contribution >= 0.6 is 23.1 Å². The number of rotatable bonds is 3. The molecule has 0 radical (unpaired) electrons. The normalized spacial score (nSPS) is 17.4. The first-order valence-electron chi connectivity index (χ1n) is 7.18. The first-order chi connectivity index (χ1) is 11.0. The Kier molecular flexibility index (Phi) is 4.63. The van der Waals surface area contributed by atoms with E-state index in [1.54, 1.807) is 4.90 Å². The summed E-state index contributed by atoms with van der Waals surface area (Å²) in [6, 6.07) is 7.19. The molecule has 3 rings (SSSR count). The van der Waals surface area contributed by atoms with Crippen LogP contribution in [0.5, 0.6) is 0 Å². The highest BCUT2D eigenvalue weighted by molar-refractivity contribution is 8.01. The lowest BCUT2D eigenvalue weighted by Gasteiger charge is -2.27. The van der Waals surface area contributed by atoms with Gasteiger partial charge in [-0.25, -0.2) is 0 Å². The van der Waals surface area contributed by atoms with Gasteiger partial charge in [-0.05, 0) is 26.0 Å². The van der Waals surface area contributed by atoms with Crippen LogP contribution < -0.4 is 10.2 Å². The Bertz CT molecular complexity index is 747. The molecule has 120 valence electrons. The van der Waals surface area contributed by atoms with Gasteiger partial charge in [-0.3, -0.25) is 9.59 Å². The third-order valence-corrected chi connectivity index (χ3v) is 5.41. The van der Waals surface area contributed by atoms with Crippen LogP contribution in [0.1, 0.15) is 18.4 Å². The number of hydrogen-bond acceptors (Lipinski definition) is 6. The number of benzene rings is 1. The molecule has 1 N–H and O–H groups in total. The van der Waals surface area contributed by atoms with Gasteiger partial charge in [0.2, 0.25) is 11.8 Å². The number of aromatic nitrogens is 2. The summed E-state index contributed by atoms with van der Waals surface area (Å²) in [5.41, 5.74) is 1.41. The fourth-order valence-corrected chi connectivity index (χ4v) is 4.17. The highest BCUT2D eigenvalue weighted by Crippen LogP contribution is 2.32. The number of para-hydroxylation sites is 2. The summed E-state index contributed by atoms with van der Waals surface area (Å²) in [6.07, 6.45) is 0.281. The number of carbonyl (C=O) groups is 2. The van der Waals surface area contributed by atoms with E-state index in [1.807, 2.05) is 38.1 Å². The minimum Gasteiger partial charge on any atom is -0.324 e. The highest BCUT2D eigenvalue weighted by atomic mass is 32.2. The van der Waals surface area contributed by atoms with E-state index in [4.69, 9.17) is 0 Å². The van der Waals surface area contributed by atoms with E-state index in [0.29, 0.717) is 5.69 Å². The molecule has 1 aliphatic rings. The zero-order chi connectivity index (χ0) is 16.4. The predicted octanol–water partition coefficient (Wildman–Crippen LogP) is 2.70. The van der Waals surface area contributed by atoms with Crippen molar-refractivity contribution in [3.05, 3.63) is 29.3 Å². The maximum Gasteiger partial charge on any atom is 0.237 e. The Balaban J connectivity index is 1.81. The monoisotopic (exact) mass is 348 g/mol. The molecule has 1 aromatic carbocycles. The van der Waals surface area contributed by atoms with Gasteiger partial charge < -0.3 is 10.2 Å². The molecule has 1 atom stereocenters. The minimum atomic E-state index is -0.192. The van der Waals surface area contributed by atoms with Crippen molar-refractivity contribution in [2.45, 2.75) is 30.6 Å². The van der Waals surface area contributed by atoms with Crippen molar-refractivity contribution >= 4 is 46.3 Å². The summed E-state index contributed by atoms with van der Waals surface area (Å²) in [5, 5.41) is 11.7. The smallest absolute Gasteiger partial charge is 0.237 e. The van der Waals surface area contributed by atoms with Gasteiger partial charge in [0.1, 0.15) is 5.01 Å². The van der Waals surface area contributed by atoms with Crippen LogP contribution in [0.4, 0.5) is 11.4 Å². The number of nitrogens with zero attached hydrogens (tertiary/aromatic N) is 3. The lowest BCUT2D eigenvalue weighted by Crippen LogP contribution is -2.40. The molecule has 6 nitrogen and oxygen atoms in total. The van der Waals surface area contributed by atoms with E-state index in [1.165, 1.54) is 23.1 Å². The number of anilines is 2. The summed E-state index contributed by atoms with van der Waals surface area (Å²) in [4.78, 5) is 26.4. The summed E-state index contributed by atoms with van der Waals surface area (Å²) >= 11 is 2.85. The van der Waals surface area contributed by atoms with Gasteiger partial charge in [0.25, 0.3) is 0 Å². The number of hydrogen-bond donors (Lipinski definition) is 1. The largest absolute Gasteiger partial charge is 0.324 e. The standard InChI is InChI=1S/C15H16N4O2S2/c1-9-7-13(20)16-11-5-3-4-6-12(11)19(9)14(21)8-22-15-18-17-10(2)23-15/h3-6,9H,7-8H2,1-2H3,(H,16,20)/t9-/m1/s1. The van der Waals surface area contributed by atoms with Crippen molar-refractivity contribution in [2.24, 2.45) is 0 Å². The van der Waals surface area contributed by atoms with Gasteiger partial charge >= 0.3 is 0 Å². The first-order valence-corrected chi connectivity index (χ1v) is 8.98. The second-order valence-electron chi connectivity index (χ2n) is 5.26. The summed E-state index contributed by atoms with van der Waals surface area (Å²) in [7, 11) is 0. The quantitative estimate of drug-likeness (QED) is 0.863. The molecule has 0 fully saturated rings. The Hall–Kier alpha value is -1.93. The number of amides is 2. The van der Waals surface area contributed by atoms with Gasteiger partial charge in [-0.2, -0.15) is 0 Å². The molecule has 2 amide bonds. The molecule has 0 bridgehead atoms. The molecule has 2 aromatic rings. The first kappa shape index (κ1) is 15.9. The van der Waals surface area contributed by atoms with Crippen molar-refractivity contribution in [3.63, 3.8) is 0 Å². The zero-order valence-electron chi connectivity index (χ0n) is 12.8.